The second-order valence-electron chi connectivity index (χ2n) is 3.35. The Morgan fingerprint density at radius 1 is 1.44 bits per heavy atom. The number of allylic oxidation sites excluding steroid dienone is 6. The molecule has 0 aromatic rings. The number of halogens is 1. The molecule has 2 nitrogen and oxygen atoms in total. The minimum absolute atomic E-state index is 0.105. The van der Waals surface area contributed by atoms with Gasteiger partial charge in [-0.15, -0.1) is 0 Å². The summed E-state index contributed by atoms with van der Waals surface area (Å²) in [6, 6.07) is 0. The van der Waals surface area contributed by atoms with Crippen LogP contribution in [0.25, 0.3) is 0 Å². The van der Waals surface area contributed by atoms with Crippen molar-refractivity contribution in [3.05, 3.63) is 35.6 Å². The molecule has 90 valence electrons. The molecule has 0 rings (SSSR count). The van der Waals surface area contributed by atoms with Crippen LogP contribution in [0.15, 0.2) is 35.6 Å². The normalized spacial score (nSPS) is 13.2. The Morgan fingerprint density at radius 3 is 2.62 bits per heavy atom. The molecule has 0 aliphatic carbocycles. The largest absolute Gasteiger partial charge is 0.501 e. The van der Waals surface area contributed by atoms with Crippen LogP contribution >= 0.6 is 15.9 Å². The molecule has 0 amide bonds. The zero-order chi connectivity index (χ0) is 12.4. The van der Waals surface area contributed by atoms with Crippen LogP contribution in [0.4, 0.5) is 0 Å². The molecule has 0 spiro atoms. The van der Waals surface area contributed by atoms with Crippen molar-refractivity contribution in [1.29, 1.82) is 0 Å². The lowest BCUT2D eigenvalue weighted by atomic mass is 10.1. The van der Waals surface area contributed by atoms with Crippen molar-refractivity contribution in [2.24, 2.45) is 0 Å². The van der Waals surface area contributed by atoms with E-state index in [1.165, 1.54) is 0 Å². The van der Waals surface area contributed by atoms with Crippen LogP contribution in [-0.4, -0.2) is 18.2 Å². The molecular formula is C13H19BrO2. The first-order chi connectivity index (χ1) is 7.65. The Labute approximate surface area is 106 Å². The predicted molar refractivity (Wildman–Crippen MR) is 71.7 cm³/mol. The first-order valence-corrected chi connectivity index (χ1v) is 6.46. The minimum Gasteiger partial charge on any atom is -0.501 e. The van der Waals surface area contributed by atoms with Crippen LogP contribution in [0.3, 0.4) is 0 Å². The van der Waals surface area contributed by atoms with Crippen LogP contribution in [0.5, 0.6) is 0 Å². The fourth-order valence-electron chi connectivity index (χ4n) is 1.01. The Kier molecular flexibility index (Phi) is 8.91. The smallest absolute Gasteiger partial charge is 0.173 e. The lowest BCUT2D eigenvalue weighted by molar-refractivity contribution is -0.112. The highest BCUT2D eigenvalue weighted by molar-refractivity contribution is 9.09. The maximum Gasteiger partial charge on any atom is 0.173 e. The van der Waals surface area contributed by atoms with Gasteiger partial charge in [-0.25, -0.2) is 0 Å². The molecule has 0 saturated carbocycles. The molecule has 0 atom stereocenters. The first-order valence-electron chi connectivity index (χ1n) is 5.34. The van der Waals surface area contributed by atoms with E-state index in [0.717, 1.165) is 24.2 Å². The lowest BCUT2D eigenvalue weighted by Crippen LogP contribution is -2.01. The van der Waals surface area contributed by atoms with Gasteiger partial charge in [-0.2, -0.15) is 0 Å². The van der Waals surface area contributed by atoms with Crippen LogP contribution < -0.4 is 0 Å². The zero-order valence-corrected chi connectivity index (χ0v) is 11.7. The van der Waals surface area contributed by atoms with E-state index in [4.69, 9.17) is 4.74 Å². The summed E-state index contributed by atoms with van der Waals surface area (Å²) in [4.78, 5) is 11.5. The number of carbonyl (C=O) groups is 1. The molecule has 0 aromatic heterocycles. The monoisotopic (exact) mass is 286 g/mol. The molecule has 0 fully saturated rings. The van der Waals surface area contributed by atoms with Gasteiger partial charge in [0.15, 0.2) is 5.78 Å². The highest BCUT2D eigenvalue weighted by Gasteiger charge is 2.02. The molecule has 16 heavy (non-hydrogen) atoms. The zero-order valence-electron chi connectivity index (χ0n) is 10.1. The van der Waals surface area contributed by atoms with Crippen molar-refractivity contribution in [3.63, 3.8) is 0 Å². The second-order valence-corrected chi connectivity index (χ2v) is 3.91. The van der Waals surface area contributed by atoms with Gasteiger partial charge in [0, 0.05) is 5.57 Å². The molecule has 0 aliphatic heterocycles. The van der Waals surface area contributed by atoms with Crippen molar-refractivity contribution in [2.45, 2.75) is 26.7 Å². The van der Waals surface area contributed by atoms with Crippen LogP contribution in [0, 0.1) is 0 Å². The number of hydrogen-bond acceptors (Lipinski definition) is 2. The van der Waals surface area contributed by atoms with E-state index in [0.29, 0.717) is 5.33 Å². The summed E-state index contributed by atoms with van der Waals surface area (Å²) in [5, 5.41) is 0.361. The fraction of sp³-hybridized carbons (Fsp3) is 0.462. The first kappa shape index (κ1) is 15.2. The third-order valence-corrected chi connectivity index (χ3v) is 2.53. The number of unbranched alkanes of at least 4 members (excludes halogenated alkanes) is 1. The summed E-state index contributed by atoms with van der Waals surface area (Å²) in [6.07, 6.45) is 9.42. The maximum atomic E-state index is 11.5. The molecule has 0 aliphatic rings. The summed E-state index contributed by atoms with van der Waals surface area (Å²) in [7, 11) is 1.62. The predicted octanol–water partition coefficient (Wildman–Crippen LogP) is 3.78. The van der Waals surface area contributed by atoms with Gasteiger partial charge in [0.1, 0.15) is 0 Å². The van der Waals surface area contributed by atoms with E-state index in [1.807, 2.05) is 31.2 Å². The van der Waals surface area contributed by atoms with Gasteiger partial charge in [0.2, 0.25) is 0 Å². The average Bonchev–Trinajstić information content (AvgIpc) is 2.32. The SMILES string of the molecule is CCC/C=C(/C=C\C=C(/C)OC)C(=O)CBr. The van der Waals surface area contributed by atoms with Gasteiger partial charge >= 0.3 is 0 Å². The Morgan fingerprint density at radius 2 is 2.12 bits per heavy atom. The molecule has 3 heteroatoms. The van der Waals surface area contributed by atoms with Crippen LogP contribution in [0.1, 0.15) is 26.7 Å². The lowest BCUT2D eigenvalue weighted by Gasteiger charge is -1.98. The van der Waals surface area contributed by atoms with E-state index in [2.05, 4.69) is 22.9 Å². The van der Waals surface area contributed by atoms with Crippen molar-refractivity contribution in [1.82, 2.24) is 0 Å². The van der Waals surface area contributed by atoms with Crippen molar-refractivity contribution >= 4 is 21.7 Å². The van der Waals surface area contributed by atoms with Gasteiger partial charge in [0.25, 0.3) is 0 Å². The molecule has 0 heterocycles. The van der Waals surface area contributed by atoms with Crippen molar-refractivity contribution in [2.75, 3.05) is 12.4 Å². The summed E-state index contributed by atoms with van der Waals surface area (Å²) >= 11 is 3.18. The third-order valence-electron chi connectivity index (χ3n) is 2.02. The number of alkyl halides is 1. The number of carbonyl (C=O) groups excluding carboxylic acids is 1. The topological polar surface area (TPSA) is 26.3 Å². The van der Waals surface area contributed by atoms with E-state index >= 15 is 0 Å². The third kappa shape index (κ3) is 6.62. The Balaban J connectivity index is 4.61. The summed E-state index contributed by atoms with van der Waals surface area (Å²) in [5.74, 6) is 0.922. The van der Waals surface area contributed by atoms with Crippen LogP contribution in [-0.2, 0) is 9.53 Å². The second kappa shape index (κ2) is 9.40. The number of ketones is 1. The van der Waals surface area contributed by atoms with E-state index in [-0.39, 0.29) is 5.78 Å². The van der Waals surface area contributed by atoms with Gasteiger partial charge < -0.3 is 4.74 Å². The molecule has 0 N–H and O–H groups in total. The minimum atomic E-state index is 0.105. The van der Waals surface area contributed by atoms with Gasteiger partial charge in [0.05, 0.1) is 18.2 Å². The van der Waals surface area contributed by atoms with Gasteiger partial charge in [-0.1, -0.05) is 47.5 Å². The number of rotatable bonds is 7. The van der Waals surface area contributed by atoms with E-state index < -0.39 is 0 Å². The Bertz CT molecular complexity index is 301. The van der Waals surface area contributed by atoms with E-state index in [9.17, 15) is 4.79 Å². The van der Waals surface area contributed by atoms with Crippen molar-refractivity contribution < 1.29 is 9.53 Å². The quantitative estimate of drug-likeness (QED) is 0.308. The number of ether oxygens (including phenoxy) is 1. The molecule has 0 unspecified atom stereocenters. The molecule has 0 radical (unpaired) electrons. The molecule has 0 aromatic carbocycles. The molecule has 0 bridgehead atoms. The summed E-state index contributed by atoms with van der Waals surface area (Å²) < 4.78 is 5.00. The fourth-order valence-corrected chi connectivity index (χ4v) is 1.33. The molecule has 0 saturated heterocycles. The van der Waals surface area contributed by atoms with Crippen LogP contribution in [0.2, 0.25) is 0 Å². The summed E-state index contributed by atoms with van der Waals surface area (Å²) in [5.41, 5.74) is 0.749. The standard InChI is InChI=1S/C13H19BrO2/c1-4-5-8-12(13(15)10-14)9-6-7-11(2)16-3/h6-9H,4-5,10H2,1-3H3/b9-6-,11-7+,12-8-. The average molecular weight is 287 g/mol. The number of methoxy groups -OCH3 is 1. The Hall–Kier alpha value is -0.830. The maximum absolute atomic E-state index is 11.5. The molecular weight excluding hydrogens is 268 g/mol. The number of Topliss-reactive ketones (excluding diaryl/α,β-unsaturated/α-hetero) is 1. The van der Waals surface area contributed by atoms with Crippen molar-refractivity contribution in [3.8, 4) is 0 Å². The van der Waals surface area contributed by atoms with Gasteiger partial charge in [-0.3, -0.25) is 4.79 Å². The summed E-state index contributed by atoms with van der Waals surface area (Å²) in [6.45, 7) is 3.96. The highest BCUT2D eigenvalue weighted by Crippen LogP contribution is 2.06. The highest BCUT2D eigenvalue weighted by atomic mass is 79.9. The number of hydrogen-bond donors (Lipinski definition) is 0. The van der Waals surface area contributed by atoms with E-state index in [1.54, 1.807) is 7.11 Å². The van der Waals surface area contributed by atoms with Gasteiger partial charge in [-0.05, 0) is 19.4 Å².